The highest BCUT2D eigenvalue weighted by Gasteiger charge is 2.38. The number of aliphatic carboxylic acids is 1. The van der Waals surface area contributed by atoms with Crippen LogP contribution in [0.5, 0.6) is 5.75 Å². The average Bonchev–Trinajstić information content (AvgIpc) is 2.26. The van der Waals surface area contributed by atoms with Crippen LogP contribution in [0.2, 0.25) is 18.1 Å². The summed E-state index contributed by atoms with van der Waals surface area (Å²) in [5.74, 6) is -0.122. The zero-order valence-corrected chi connectivity index (χ0v) is 13.9. The maximum Gasteiger partial charge on any atom is 0.305 e. The Hall–Kier alpha value is -1.33. The summed E-state index contributed by atoms with van der Waals surface area (Å²) in [5, 5.41) is 8.92. The van der Waals surface area contributed by atoms with Crippen molar-refractivity contribution in [3.8, 4) is 5.75 Å². The highest BCUT2D eigenvalue weighted by molar-refractivity contribution is 6.74. The Morgan fingerprint density at radius 1 is 1.40 bits per heavy atom. The summed E-state index contributed by atoms with van der Waals surface area (Å²) in [4.78, 5) is 10.7. The number of hydrogen-bond donors (Lipinski definition) is 2. The average molecular weight is 295 g/mol. The van der Waals surface area contributed by atoms with Gasteiger partial charge in [-0.15, -0.1) is 0 Å². The number of carboxylic acid groups (broad SMARTS) is 1. The monoisotopic (exact) mass is 295 g/mol. The third-order valence-corrected chi connectivity index (χ3v) is 8.22. The van der Waals surface area contributed by atoms with Crippen LogP contribution >= 0.6 is 0 Å². The molecule has 0 saturated carbocycles. The van der Waals surface area contributed by atoms with E-state index in [-0.39, 0.29) is 11.5 Å². The fourth-order valence-electron chi connectivity index (χ4n) is 1.56. The van der Waals surface area contributed by atoms with Crippen molar-refractivity contribution < 1.29 is 14.3 Å². The van der Waals surface area contributed by atoms with Crippen molar-refractivity contribution in [2.75, 3.05) is 0 Å². The molecule has 0 aliphatic carbocycles. The molecule has 0 fully saturated rings. The molecule has 5 heteroatoms. The third kappa shape index (κ3) is 4.35. The molecule has 0 radical (unpaired) electrons. The summed E-state index contributed by atoms with van der Waals surface area (Å²) >= 11 is 0. The van der Waals surface area contributed by atoms with Crippen LogP contribution in [0.3, 0.4) is 0 Å². The summed E-state index contributed by atoms with van der Waals surface area (Å²) in [7, 11) is -1.89. The van der Waals surface area contributed by atoms with Crippen LogP contribution in [0, 0.1) is 0 Å². The van der Waals surface area contributed by atoms with Gasteiger partial charge < -0.3 is 15.3 Å². The summed E-state index contributed by atoms with van der Waals surface area (Å²) in [6.07, 6.45) is -0.0798. The molecule has 0 aromatic heterocycles. The molecule has 112 valence electrons. The molecule has 1 atom stereocenters. The van der Waals surface area contributed by atoms with Gasteiger partial charge >= 0.3 is 5.97 Å². The normalized spacial score (nSPS) is 13.9. The molecule has 20 heavy (non-hydrogen) atoms. The van der Waals surface area contributed by atoms with E-state index in [2.05, 4.69) is 33.9 Å². The second-order valence-electron chi connectivity index (χ2n) is 6.64. The number of rotatable bonds is 5. The molecule has 1 aromatic carbocycles. The molecule has 1 aromatic rings. The topological polar surface area (TPSA) is 72.5 Å². The van der Waals surface area contributed by atoms with Crippen molar-refractivity contribution in [3.05, 3.63) is 29.8 Å². The van der Waals surface area contributed by atoms with Gasteiger partial charge in [0, 0.05) is 6.04 Å². The van der Waals surface area contributed by atoms with Gasteiger partial charge in [0.2, 0.25) is 8.32 Å². The van der Waals surface area contributed by atoms with Crippen LogP contribution in [0.4, 0.5) is 0 Å². The molecule has 0 heterocycles. The highest BCUT2D eigenvalue weighted by Crippen LogP contribution is 2.37. The van der Waals surface area contributed by atoms with E-state index in [0.717, 1.165) is 11.3 Å². The molecule has 0 amide bonds. The molecule has 0 spiro atoms. The van der Waals surface area contributed by atoms with E-state index in [9.17, 15) is 4.79 Å². The number of nitrogens with two attached hydrogens (primary N) is 1. The van der Waals surface area contributed by atoms with Gasteiger partial charge in [0.1, 0.15) is 5.75 Å². The van der Waals surface area contributed by atoms with Crippen LogP contribution in [-0.4, -0.2) is 19.4 Å². The van der Waals surface area contributed by atoms with E-state index in [1.165, 1.54) is 0 Å². The maximum atomic E-state index is 10.7. The second kappa shape index (κ2) is 5.97. The molecule has 3 N–H and O–H groups in total. The highest BCUT2D eigenvalue weighted by atomic mass is 28.4. The molecule has 0 aliphatic rings. The van der Waals surface area contributed by atoms with Crippen molar-refractivity contribution in [3.63, 3.8) is 0 Å². The van der Waals surface area contributed by atoms with E-state index in [1.54, 1.807) is 0 Å². The summed E-state index contributed by atoms with van der Waals surface area (Å²) in [6.45, 7) is 10.9. The molecule has 0 bridgehead atoms. The van der Waals surface area contributed by atoms with Gasteiger partial charge in [-0.1, -0.05) is 32.9 Å². The van der Waals surface area contributed by atoms with Crippen molar-refractivity contribution >= 4 is 14.3 Å². The van der Waals surface area contributed by atoms with Gasteiger partial charge in [0.25, 0.3) is 0 Å². The Labute approximate surface area is 122 Å². The lowest BCUT2D eigenvalue weighted by Crippen LogP contribution is -2.43. The lowest BCUT2D eigenvalue weighted by Gasteiger charge is -2.36. The summed E-state index contributed by atoms with van der Waals surface area (Å²) < 4.78 is 6.20. The van der Waals surface area contributed by atoms with Gasteiger partial charge in [-0.25, -0.2) is 0 Å². The first-order chi connectivity index (χ1) is 9.03. The maximum absolute atomic E-state index is 10.7. The smallest absolute Gasteiger partial charge is 0.305 e. The number of benzene rings is 1. The zero-order valence-electron chi connectivity index (χ0n) is 12.9. The number of carbonyl (C=O) groups is 1. The van der Waals surface area contributed by atoms with Crippen molar-refractivity contribution in [2.45, 2.75) is 51.4 Å². The van der Waals surface area contributed by atoms with Crippen molar-refractivity contribution in [2.24, 2.45) is 5.73 Å². The zero-order chi connectivity index (χ0) is 15.6. The molecule has 0 aliphatic heterocycles. The van der Waals surface area contributed by atoms with E-state index < -0.39 is 20.3 Å². The van der Waals surface area contributed by atoms with Gasteiger partial charge in [0.15, 0.2) is 0 Å². The van der Waals surface area contributed by atoms with Gasteiger partial charge in [0.05, 0.1) is 6.42 Å². The molecule has 1 unspecified atom stereocenters. The van der Waals surface area contributed by atoms with Crippen LogP contribution in [-0.2, 0) is 4.79 Å². The van der Waals surface area contributed by atoms with Gasteiger partial charge in [-0.3, -0.25) is 4.79 Å². The SMILES string of the molecule is CC(C)(C)[Si](C)(C)Oc1cccc(C(N)CC(=O)O)c1. The quantitative estimate of drug-likeness (QED) is 0.815. The van der Waals surface area contributed by atoms with Crippen molar-refractivity contribution in [1.29, 1.82) is 0 Å². The van der Waals surface area contributed by atoms with E-state index in [1.807, 2.05) is 24.3 Å². The summed E-state index contributed by atoms with van der Waals surface area (Å²) in [5.41, 5.74) is 6.68. The molecular formula is C15H25NO3Si. The predicted molar refractivity (Wildman–Crippen MR) is 83.4 cm³/mol. The second-order valence-corrected chi connectivity index (χ2v) is 11.4. The largest absolute Gasteiger partial charge is 0.543 e. The Morgan fingerprint density at radius 2 is 2.00 bits per heavy atom. The standard InChI is InChI=1S/C15H25NO3Si/c1-15(2,3)20(4,5)19-12-8-6-7-11(9-12)13(16)10-14(17)18/h6-9,13H,10,16H2,1-5H3,(H,17,18). The molecule has 4 nitrogen and oxygen atoms in total. The molecule has 1 rings (SSSR count). The summed E-state index contributed by atoms with van der Waals surface area (Å²) in [6, 6.07) is 6.95. The first-order valence-corrected chi connectivity index (χ1v) is 9.70. The third-order valence-electron chi connectivity index (χ3n) is 3.86. The van der Waals surface area contributed by atoms with Crippen LogP contribution in [0.1, 0.15) is 38.8 Å². The lowest BCUT2D eigenvalue weighted by molar-refractivity contribution is -0.137. The Morgan fingerprint density at radius 3 is 2.50 bits per heavy atom. The molecule has 0 saturated heterocycles. The minimum Gasteiger partial charge on any atom is -0.543 e. The minimum absolute atomic E-state index is 0.0798. The molecular weight excluding hydrogens is 270 g/mol. The number of carboxylic acids is 1. The Balaban J connectivity index is 2.91. The predicted octanol–water partition coefficient (Wildman–Crippen LogP) is 3.55. The first kappa shape index (κ1) is 16.7. The first-order valence-electron chi connectivity index (χ1n) is 6.79. The van der Waals surface area contributed by atoms with E-state index in [0.29, 0.717) is 0 Å². The Kier molecular flexibility index (Phi) is 4.99. The lowest BCUT2D eigenvalue weighted by atomic mass is 10.0. The van der Waals surface area contributed by atoms with Gasteiger partial charge in [-0.2, -0.15) is 0 Å². The van der Waals surface area contributed by atoms with E-state index in [4.69, 9.17) is 15.3 Å². The van der Waals surface area contributed by atoms with Crippen LogP contribution in [0.25, 0.3) is 0 Å². The van der Waals surface area contributed by atoms with E-state index >= 15 is 0 Å². The minimum atomic E-state index is -1.89. The van der Waals surface area contributed by atoms with Gasteiger partial charge in [-0.05, 0) is 35.8 Å². The van der Waals surface area contributed by atoms with Crippen LogP contribution < -0.4 is 10.2 Å². The fraction of sp³-hybridized carbons (Fsp3) is 0.533. The van der Waals surface area contributed by atoms with Crippen LogP contribution in [0.15, 0.2) is 24.3 Å². The number of hydrogen-bond acceptors (Lipinski definition) is 3. The fourth-order valence-corrected chi connectivity index (χ4v) is 2.58. The van der Waals surface area contributed by atoms with Crippen molar-refractivity contribution in [1.82, 2.24) is 0 Å². The Bertz CT molecular complexity index is 480.